The third-order valence-electron chi connectivity index (χ3n) is 2.25. The molecule has 0 bridgehead atoms. The molecule has 16 heavy (non-hydrogen) atoms. The number of rotatable bonds is 2. The van der Waals surface area contributed by atoms with Crippen LogP contribution in [0.3, 0.4) is 0 Å². The normalized spacial score (nSPS) is 18.4. The number of likely N-dealkylation sites (tertiary alicyclic amines) is 1. The van der Waals surface area contributed by atoms with Crippen LogP contribution >= 0.6 is 15.9 Å². The van der Waals surface area contributed by atoms with Crippen LogP contribution in [0, 0.1) is 0 Å². The van der Waals surface area contributed by atoms with Crippen molar-refractivity contribution in [3.8, 4) is 0 Å². The molecular formula is C11H18BrNO3. The molecule has 1 saturated heterocycles. The van der Waals surface area contributed by atoms with Gasteiger partial charge in [-0.2, -0.15) is 0 Å². The van der Waals surface area contributed by atoms with Gasteiger partial charge in [-0.3, -0.25) is 9.59 Å². The van der Waals surface area contributed by atoms with Gasteiger partial charge in [0.15, 0.2) is 4.83 Å². The zero-order valence-corrected chi connectivity index (χ0v) is 11.5. The minimum atomic E-state index is -0.871. The van der Waals surface area contributed by atoms with E-state index in [-0.39, 0.29) is 5.91 Å². The number of carbonyl (C=O) groups excluding carboxylic acids is 2. The summed E-state index contributed by atoms with van der Waals surface area (Å²) in [6.45, 7) is 6.83. The fourth-order valence-corrected chi connectivity index (χ4v) is 1.94. The smallest absolute Gasteiger partial charge is 0.329 e. The topological polar surface area (TPSA) is 46.6 Å². The second kappa shape index (κ2) is 5.17. The fourth-order valence-electron chi connectivity index (χ4n) is 1.55. The van der Waals surface area contributed by atoms with Gasteiger partial charge in [-0.25, -0.2) is 0 Å². The zero-order chi connectivity index (χ0) is 12.3. The lowest BCUT2D eigenvalue weighted by atomic mass is 10.2. The highest BCUT2D eigenvalue weighted by Gasteiger charge is 2.32. The van der Waals surface area contributed by atoms with Gasteiger partial charge in [0, 0.05) is 13.1 Å². The Morgan fingerprint density at radius 2 is 1.75 bits per heavy atom. The Kier molecular flexibility index (Phi) is 4.35. The van der Waals surface area contributed by atoms with Crippen LogP contribution in [0.5, 0.6) is 0 Å². The molecule has 0 aromatic heterocycles. The number of halogens is 1. The second-order valence-corrected chi connectivity index (χ2v) is 5.84. The molecule has 5 heteroatoms. The summed E-state index contributed by atoms with van der Waals surface area (Å²) >= 11 is 3.11. The highest BCUT2D eigenvalue weighted by molar-refractivity contribution is 9.10. The summed E-state index contributed by atoms with van der Waals surface area (Å²) in [5.41, 5.74) is -0.561. The Labute approximate surface area is 104 Å². The van der Waals surface area contributed by atoms with E-state index in [9.17, 15) is 9.59 Å². The van der Waals surface area contributed by atoms with Gasteiger partial charge in [-0.05, 0) is 33.6 Å². The van der Waals surface area contributed by atoms with Crippen LogP contribution < -0.4 is 0 Å². The van der Waals surface area contributed by atoms with Crippen LogP contribution in [0.4, 0.5) is 0 Å². The standard InChI is InChI=1S/C11H18BrNO3/c1-11(2,3)16-10(15)8(12)9(14)13-6-4-5-7-13/h8H,4-7H2,1-3H3. The van der Waals surface area contributed by atoms with Crippen molar-refractivity contribution >= 4 is 27.8 Å². The largest absolute Gasteiger partial charge is 0.459 e. The SMILES string of the molecule is CC(C)(C)OC(=O)C(Br)C(=O)N1CCCC1. The molecule has 1 rings (SSSR count). The second-order valence-electron chi connectivity index (χ2n) is 4.93. The molecule has 92 valence electrons. The minimum Gasteiger partial charge on any atom is -0.459 e. The van der Waals surface area contributed by atoms with Gasteiger partial charge in [-0.15, -0.1) is 0 Å². The Bertz CT molecular complexity index is 279. The van der Waals surface area contributed by atoms with E-state index in [2.05, 4.69) is 15.9 Å². The molecule has 1 fully saturated rings. The predicted molar refractivity (Wildman–Crippen MR) is 64.4 cm³/mol. The number of hydrogen-bond acceptors (Lipinski definition) is 3. The van der Waals surface area contributed by atoms with Crippen molar-refractivity contribution in [2.24, 2.45) is 0 Å². The number of ether oxygens (including phenoxy) is 1. The molecule has 0 aromatic carbocycles. The van der Waals surface area contributed by atoms with Crippen LogP contribution in [0.25, 0.3) is 0 Å². The first-order chi connectivity index (χ1) is 7.31. The van der Waals surface area contributed by atoms with E-state index in [0.29, 0.717) is 0 Å². The number of carbonyl (C=O) groups is 2. The van der Waals surface area contributed by atoms with Gasteiger partial charge in [0.05, 0.1) is 0 Å². The molecule has 0 aliphatic carbocycles. The number of esters is 1. The van der Waals surface area contributed by atoms with Crippen molar-refractivity contribution in [2.75, 3.05) is 13.1 Å². The van der Waals surface area contributed by atoms with E-state index >= 15 is 0 Å². The monoisotopic (exact) mass is 291 g/mol. The third-order valence-corrected chi connectivity index (χ3v) is 3.01. The minimum absolute atomic E-state index is 0.188. The molecule has 0 aromatic rings. The molecule has 1 atom stereocenters. The number of nitrogens with zero attached hydrogens (tertiary/aromatic N) is 1. The highest BCUT2D eigenvalue weighted by atomic mass is 79.9. The van der Waals surface area contributed by atoms with Gasteiger partial charge < -0.3 is 9.64 Å². The summed E-state index contributed by atoms with van der Waals surface area (Å²) < 4.78 is 5.15. The Hall–Kier alpha value is -0.580. The Morgan fingerprint density at radius 3 is 2.19 bits per heavy atom. The van der Waals surface area contributed by atoms with Crippen LogP contribution in [0.2, 0.25) is 0 Å². The van der Waals surface area contributed by atoms with Gasteiger partial charge in [0.25, 0.3) is 0 Å². The molecule has 1 aliphatic heterocycles. The number of amides is 1. The third kappa shape index (κ3) is 3.77. The summed E-state index contributed by atoms with van der Waals surface area (Å²) in [4.78, 5) is 24.3. The molecule has 0 radical (unpaired) electrons. The molecule has 1 heterocycles. The first-order valence-corrected chi connectivity index (χ1v) is 6.38. The summed E-state index contributed by atoms with van der Waals surface area (Å²) in [5, 5.41) is 0. The Balaban J connectivity index is 2.52. The van der Waals surface area contributed by atoms with E-state index < -0.39 is 16.4 Å². The zero-order valence-electron chi connectivity index (χ0n) is 9.96. The van der Waals surface area contributed by atoms with Gasteiger partial charge in [-0.1, -0.05) is 15.9 Å². The molecule has 0 saturated carbocycles. The average Bonchev–Trinajstić information content (AvgIpc) is 2.65. The van der Waals surface area contributed by atoms with Crippen LogP contribution in [-0.4, -0.2) is 40.3 Å². The van der Waals surface area contributed by atoms with Crippen molar-refractivity contribution in [1.82, 2.24) is 4.90 Å². The average molecular weight is 292 g/mol. The molecule has 0 spiro atoms. The van der Waals surface area contributed by atoms with E-state index in [1.54, 1.807) is 25.7 Å². The van der Waals surface area contributed by atoms with Crippen molar-refractivity contribution in [2.45, 2.75) is 44.0 Å². The molecule has 1 amide bonds. The molecular weight excluding hydrogens is 274 g/mol. The van der Waals surface area contributed by atoms with Crippen molar-refractivity contribution in [3.05, 3.63) is 0 Å². The van der Waals surface area contributed by atoms with E-state index in [1.165, 1.54) is 0 Å². The lowest BCUT2D eigenvalue weighted by molar-refractivity contribution is -0.156. The molecule has 1 aliphatic rings. The maximum Gasteiger partial charge on any atom is 0.329 e. The van der Waals surface area contributed by atoms with Crippen LogP contribution in [0.15, 0.2) is 0 Å². The number of hydrogen-bond donors (Lipinski definition) is 0. The predicted octanol–water partition coefficient (Wildman–Crippen LogP) is 1.71. The number of alkyl halides is 1. The van der Waals surface area contributed by atoms with Gasteiger partial charge >= 0.3 is 5.97 Å². The lowest BCUT2D eigenvalue weighted by Gasteiger charge is -2.23. The first kappa shape index (κ1) is 13.5. The van der Waals surface area contributed by atoms with E-state index in [1.807, 2.05) is 0 Å². The van der Waals surface area contributed by atoms with E-state index in [4.69, 9.17) is 4.74 Å². The van der Waals surface area contributed by atoms with Gasteiger partial charge in [0.2, 0.25) is 5.91 Å². The summed E-state index contributed by atoms with van der Waals surface area (Å²) in [6.07, 6.45) is 2.03. The lowest BCUT2D eigenvalue weighted by Crippen LogP contribution is -2.41. The molecule has 0 N–H and O–H groups in total. The summed E-state index contributed by atoms with van der Waals surface area (Å²) in [5.74, 6) is -0.698. The quantitative estimate of drug-likeness (QED) is 0.442. The fraction of sp³-hybridized carbons (Fsp3) is 0.818. The van der Waals surface area contributed by atoms with Crippen molar-refractivity contribution < 1.29 is 14.3 Å². The van der Waals surface area contributed by atoms with Crippen LogP contribution in [0.1, 0.15) is 33.6 Å². The van der Waals surface area contributed by atoms with Crippen molar-refractivity contribution in [3.63, 3.8) is 0 Å². The van der Waals surface area contributed by atoms with Crippen molar-refractivity contribution in [1.29, 1.82) is 0 Å². The maximum absolute atomic E-state index is 11.9. The van der Waals surface area contributed by atoms with E-state index in [0.717, 1.165) is 25.9 Å². The molecule has 1 unspecified atom stereocenters. The van der Waals surface area contributed by atoms with Gasteiger partial charge in [0.1, 0.15) is 5.60 Å². The van der Waals surface area contributed by atoms with Crippen LogP contribution in [-0.2, 0) is 14.3 Å². The summed E-state index contributed by atoms with van der Waals surface area (Å²) in [6, 6.07) is 0. The Morgan fingerprint density at radius 1 is 1.25 bits per heavy atom. The first-order valence-electron chi connectivity index (χ1n) is 5.47. The highest BCUT2D eigenvalue weighted by Crippen LogP contribution is 2.17. The molecule has 4 nitrogen and oxygen atoms in total. The maximum atomic E-state index is 11.9. The summed E-state index contributed by atoms with van der Waals surface area (Å²) in [7, 11) is 0.